The molecule has 2 atom stereocenters. The van der Waals surface area contributed by atoms with Crippen molar-refractivity contribution in [3.63, 3.8) is 0 Å². The highest BCUT2D eigenvalue weighted by Gasteiger charge is 2.21. The fourth-order valence-corrected chi connectivity index (χ4v) is 3.05. The van der Waals surface area contributed by atoms with Gasteiger partial charge in [-0.1, -0.05) is 0 Å². The van der Waals surface area contributed by atoms with Crippen LogP contribution in [0.5, 0.6) is 23.0 Å². The molecule has 142 valence electrons. The van der Waals surface area contributed by atoms with Crippen molar-refractivity contribution in [2.75, 3.05) is 14.2 Å². The van der Waals surface area contributed by atoms with Crippen LogP contribution in [-0.4, -0.2) is 46.9 Å². The Morgan fingerprint density at radius 1 is 0.808 bits per heavy atom. The number of aliphatic hydroxyl groups excluding tert-OH is 2. The highest BCUT2D eigenvalue weighted by atomic mass is 16.5. The van der Waals surface area contributed by atoms with Gasteiger partial charge in [0.1, 0.15) is 11.5 Å². The molecule has 0 aliphatic carbocycles. The minimum Gasteiger partial charge on any atom is -0.504 e. The van der Waals surface area contributed by atoms with E-state index in [9.17, 15) is 20.4 Å². The lowest BCUT2D eigenvalue weighted by Crippen LogP contribution is -2.09. The SMILES string of the molecule is COc1cc(C[C@H](C)O)c(-c2cc(O)c(O)cc2C[C@H](C)O)c(OC)c1. The second-order valence-corrected chi connectivity index (χ2v) is 6.47. The summed E-state index contributed by atoms with van der Waals surface area (Å²) in [5, 5.41) is 39.6. The number of rotatable bonds is 7. The first-order valence-corrected chi connectivity index (χ1v) is 8.43. The molecule has 0 unspecified atom stereocenters. The largest absolute Gasteiger partial charge is 0.504 e. The Labute approximate surface area is 153 Å². The first-order chi connectivity index (χ1) is 12.3. The Morgan fingerprint density at radius 2 is 1.38 bits per heavy atom. The molecule has 2 aromatic carbocycles. The van der Waals surface area contributed by atoms with Crippen LogP contribution in [0.25, 0.3) is 11.1 Å². The predicted octanol–water partition coefficient (Wildman–Crippen LogP) is 2.63. The first kappa shape index (κ1) is 19.9. The molecule has 0 aliphatic heterocycles. The molecule has 0 heterocycles. The molecule has 6 nitrogen and oxygen atoms in total. The van der Waals surface area contributed by atoms with E-state index in [0.29, 0.717) is 34.6 Å². The van der Waals surface area contributed by atoms with Crippen LogP contribution in [0, 0.1) is 0 Å². The van der Waals surface area contributed by atoms with Gasteiger partial charge in [0.05, 0.1) is 26.4 Å². The van der Waals surface area contributed by atoms with Gasteiger partial charge in [0.2, 0.25) is 0 Å². The van der Waals surface area contributed by atoms with Gasteiger partial charge >= 0.3 is 0 Å². The van der Waals surface area contributed by atoms with Crippen molar-refractivity contribution >= 4 is 0 Å². The molecule has 0 saturated carbocycles. The maximum absolute atomic E-state index is 10.0. The number of hydrogen-bond acceptors (Lipinski definition) is 6. The summed E-state index contributed by atoms with van der Waals surface area (Å²) in [4.78, 5) is 0. The van der Waals surface area contributed by atoms with E-state index in [4.69, 9.17) is 9.47 Å². The average molecular weight is 362 g/mol. The molecule has 0 aliphatic rings. The molecule has 2 rings (SSSR count). The van der Waals surface area contributed by atoms with E-state index in [0.717, 1.165) is 5.56 Å². The maximum Gasteiger partial charge on any atom is 0.158 e. The monoisotopic (exact) mass is 362 g/mol. The first-order valence-electron chi connectivity index (χ1n) is 8.43. The predicted molar refractivity (Wildman–Crippen MR) is 99.1 cm³/mol. The topological polar surface area (TPSA) is 99.4 Å². The molecule has 0 radical (unpaired) electrons. The number of phenolic OH excluding ortho intramolecular Hbond substituents is 2. The number of aromatic hydroxyl groups is 2. The van der Waals surface area contributed by atoms with E-state index in [1.807, 2.05) is 0 Å². The second kappa shape index (κ2) is 8.29. The molecule has 0 fully saturated rings. The Hall–Kier alpha value is -2.44. The van der Waals surface area contributed by atoms with E-state index in [-0.39, 0.29) is 17.9 Å². The summed E-state index contributed by atoms with van der Waals surface area (Å²) in [5.74, 6) is 0.572. The highest BCUT2D eigenvalue weighted by Crippen LogP contribution is 2.43. The number of ether oxygens (including phenoxy) is 2. The molecule has 0 saturated heterocycles. The molecule has 0 amide bonds. The van der Waals surface area contributed by atoms with Gasteiger partial charge in [-0.05, 0) is 61.6 Å². The highest BCUT2D eigenvalue weighted by molar-refractivity contribution is 5.80. The Bertz CT molecular complexity index is 767. The van der Waals surface area contributed by atoms with Gasteiger partial charge < -0.3 is 29.9 Å². The lowest BCUT2D eigenvalue weighted by molar-refractivity contribution is 0.194. The third-order valence-electron chi connectivity index (χ3n) is 4.11. The zero-order chi connectivity index (χ0) is 19.4. The minimum atomic E-state index is -0.637. The van der Waals surface area contributed by atoms with Crippen LogP contribution in [0.2, 0.25) is 0 Å². The zero-order valence-electron chi connectivity index (χ0n) is 15.5. The molecule has 26 heavy (non-hydrogen) atoms. The van der Waals surface area contributed by atoms with Crippen LogP contribution >= 0.6 is 0 Å². The Balaban J connectivity index is 2.79. The van der Waals surface area contributed by atoms with Gasteiger partial charge in [-0.15, -0.1) is 0 Å². The summed E-state index contributed by atoms with van der Waals surface area (Å²) >= 11 is 0. The van der Waals surface area contributed by atoms with Crippen molar-refractivity contribution in [3.05, 3.63) is 35.4 Å². The molecular weight excluding hydrogens is 336 g/mol. The van der Waals surface area contributed by atoms with Crippen LogP contribution < -0.4 is 9.47 Å². The van der Waals surface area contributed by atoms with Gasteiger partial charge in [0, 0.05) is 11.6 Å². The lowest BCUT2D eigenvalue weighted by Gasteiger charge is -2.20. The third kappa shape index (κ3) is 4.39. The zero-order valence-corrected chi connectivity index (χ0v) is 15.5. The van der Waals surface area contributed by atoms with Crippen LogP contribution in [0.3, 0.4) is 0 Å². The Kier molecular flexibility index (Phi) is 6.34. The van der Waals surface area contributed by atoms with Crippen molar-refractivity contribution in [2.45, 2.75) is 38.9 Å². The normalized spacial score (nSPS) is 13.3. The van der Waals surface area contributed by atoms with Crippen molar-refractivity contribution < 1.29 is 29.9 Å². The number of benzene rings is 2. The van der Waals surface area contributed by atoms with E-state index in [2.05, 4.69) is 0 Å². The van der Waals surface area contributed by atoms with Gasteiger partial charge in [0.25, 0.3) is 0 Å². The fraction of sp³-hybridized carbons (Fsp3) is 0.400. The van der Waals surface area contributed by atoms with Crippen LogP contribution in [0.4, 0.5) is 0 Å². The lowest BCUT2D eigenvalue weighted by atomic mass is 9.89. The molecule has 4 N–H and O–H groups in total. The summed E-state index contributed by atoms with van der Waals surface area (Å²) in [6, 6.07) is 6.41. The van der Waals surface area contributed by atoms with Crippen molar-refractivity contribution in [2.24, 2.45) is 0 Å². The second-order valence-electron chi connectivity index (χ2n) is 6.47. The van der Waals surface area contributed by atoms with E-state index in [1.165, 1.54) is 19.2 Å². The van der Waals surface area contributed by atoms with E-state index >= 15 is 0 Å². The molecule has 2 aromatic rings. The van der Waals surface area contributed by atoms with Crippen LogP contribution in [0.1, 0.15) is 25.0 Å². The summed E-state index contributed by atoms with van der Waals surface area (Å²) < 4.78 is 10.8. The molecule has 0 bridgehead atoms. The third-order valence-corrected chi connectivity index (χ3v) is 4.11. The summed E-state index contributed by atoms with van der Waals surface area (Å²) in [7, 11) is 3.07. The Morgan fingerprint density at radius 3 is 1.92 bits per heavy atom. The minimum absolute atomic E-state index is 0.256. The van der Waals surface area contributed by atoms with Crippen molar-refractivity contribution in [1.29, 1.82) is 0 Å². The number of hydrogen-bond donors (Lipinski definition) is 4. The van der Waals surface area contributed by atoms with Crippen LogP contribution in [-0.2, 0) is 12.8 Å². The van der Waals surface area contributed by atoms with Crippen LogP contribution in [0.15, 0.2) is 24.3 Å². The smallest absolute Gasteiger partial charge is 0.158 e. The molecular formula is C20H26O6. The average Bonchev–Trinajstić information content (AvgIpc) is 2.56. The van der Waals surface area contributed by atoms with E-state index < -0.39 is 12.2 Å². The van der Waals surface area contributed by atoms with Gasteiger partial charge in [0.15, 0.2) is 11.5 Å². The quantitative estimate of drug-likeness (QED) is 0.565. The summed E-state index contributed by atoms with van der Waals surface area (Å²) in [6.07, 6.45) is -0.607. The van der Waals surface area contributed by atoms with Crippen molar-refractivity contribution in [1.82, 2.24) is 0 Å². The standard InChI is InChI=1S/C20H26O6/c1-11(21)5-13-8-17(23)18(24)10-16(13)20-14(6-12(2)22)7-15(25-3)9-19(20)26-4/h7-12,21-24H,5-6H2,1-4H3/t11-,12-/m0/s1. The molecule has 0 spiro atoms. The number of methoxy groups -OCH3 is 2. The maximum atomic E-state index is 10.0. The molecule has 6 heteroatoms. The van der Waals surface area contributed by atoms with Gasteiger partial charge in [-0.25, -0.2) is 0 Å². The molecule has 0 aromatic heterocycles. The van der Waals surface area contributed by atoms with Gasteiger partial charge in [-0.2, -0.15) is 0 Å². The van der Waals surface area contributed by atoms with E-state index in [1.54, 1.807) is 33.1 Å². The van der Waals surface area contributed by atoms with Crippen molar-refractivity contribution in [3.8, 4) is 34.1 Å². The number of phenols is 2. The summed E-state index contributed by atoms with van der Waals surface area (Å²) in [5.41, 5.74) is 2.73. The fourth-order valence-electron chi connectivity index (χ4n) is 3.05. The summed E-state index contributed by atoms with van der Waals surface area (Å²) in [6.45, 7) is 3.33. The number of aliphatic hydroxyl groups is 2. The van der Waals surface area contributed by atoms with Gasteiger partial charge in [-0.3, -0.25) is 0 Å².